The van der Waals surface area contributed by atoms with Crippen molar-refractivity contribution in [1.82, 2.24) is 0 Å². The van der Waals surface area contributed by atoms with Crippen molar-refractivity contribution in [2.45, 2.75) is 24.3 Å². The van der Waals surface area contributed by atoms with Crippen molar-refractivity contribution in [2.75, 3.05) is 28.0 Å². The molecule has 0 aromatic rings. The molecule has 0 radical (unpaired) electrons. The fourth-order valence-electron chi connectivity index (χ4n) is 1.15. The summed E-state index contributed by atoms with van der Waals surface area (Å²) in [6, 6.07) is -0.529. The zero-order valence-corrected chi connectivity index (χ0v) is 10.7. The Labute approximate surface area is 97.2 Å². The highest BCUT2D eigenvalue weighted by Gasteiger charge is 2.57. The molecule has 0 aliphatic rings. The van der Waals surface area contributed by atoms with Crippen LogP contribution >= 0.6 is 0 Å². The van der Waals surface area contributed by atoms with Gasteiger partial charge in [0.05, 0.1) is 0 Å². The Morgan fingerprint density at radius 1 is 0.882 bits per heavy atom. The Morgan fingerprint density at radius 2 is 1.29 bits per heavy atom. The second kappa shape index (κ2) is 6.07. The van der Waals surface area contributed by atoms with Crippen LogP contribution in [0.4, 0.5) is 22.0 Å². The van der Waals surface area contributed by atoms with Crippen LogP contribution in [0.25, 0.3) is 0 Å². The summed E-state index contributed by atoms with van der Waals surface area (Å²) >= 11 is 0. The highest BCUT2D eigenvalue weighted by Crippen LogP contribution is 2.39. The van der Waals surface area contributed by atoms with Crippen molar-refractivity contribution in [1.29, 1.82) is 0 Å². The van der Waals surface area contributed by atoms with E-state index in [9.17, 15) is 22.0 Å². The van der Waals surface area contributed by atoms with E-state index in [0.717, 1.165) is 0 Å². The molecule has 0 N–H and O–H groups in total. The van der Waals surface area contributed by atoms with E-state index in [1.807, 2.05) is 0 Å². The van der Waals surface area contributed by atoms with E-state index in [0.29, 0.717) is 0 Å². The van der Waals surface area contributed by atoms with Crippen LogP contribution in [0.1, 0.15) is 6.42 Å². The van der Waals surface area contributed by atoms with E-state index < -0.39 is 39.8 Å². The molecule has 0 amide bonds. The average Bonchev–Trinajstić information content (AvgIpc) is 2.31. The molecule has 0 fully saturated rings. The number of rotatable bonds is 8. The third-order valence-electron chi connectivity index (χ3n) is 2.38. The van der Waals surface area contributed by atoms with Crippen LogP contribution in [0.2, 0.25) is 6.04 Å². The van der Waals surface area contributed by atoms with Crippen LogP contribution in [0, 0.1) is 0 Å². The number of halogens is 5. The number of alkyl halides is 5. The molecule has 104 valence electrons. The van der Waals surface area contributed by atoms with Crippen molar-refractivity contribution < 1.29 is 35.2 Å². The Kier molecular flexibility index (Phi) is 5.98. The largest absolute Gasteiger partial charge is 0.500 e. The topological polar surface area (TPSA) is 27.7 Å². The van der Waals surface area contributed by atoms with Gasteiger partial charge in [-0.1, -0.05) is 0 Å². The monoisotopic (exact) mass is 282 g/mol. The molecule has 9 heteroatoms. The van der Waals surface area contributed by atoms with E-state index >= 15 is 0 Å². The van der Waals surface area contributed by atoms with Crippen molar-refractivity contribution in [2.24, 2.45) is 0 Å². The van der Waals surface area contributed by atoms with Gasteiger partial charge in [0.2, 0.25) is 0 Å². The third kappa shape index (κ3) is 3.87. The van der Waals surface area contributed by atoms with E-state index in [1.165, 1.54) is 21.3 Å². The smallest absolute Gasteiger partial charge is 0.377 e. The van der Waals surface area contributed by atoms with E-state index in [4.69, 9.17) is 13.3 Å². The van der Waals surface area contributed by atoms with Crippen LogP contribution in [-0.4, -0.2) is 48.7 Å². The van der Waals surface area contributed by atoms with Crippen molar-refractivity contribution >= 4 is 8.80 Å². The normalized spacial score (nSPS) is 14.1. The molecule has 0 unspecified atom stereocenters. The number of hydrogen-bond acceptors (Lipinski definition) is 3. The fourth-order valence-corrected chi connectivity index (χ4v) is 2.88. The third-order valence-corrected chi connectivity index (χ3v) is 5.11. The van der Waals surface area contributed by atoms with Crippen LogP contribution < -0.4 is 0 Å². The van der Waals surface area contributed by atoms with Gasteiger partial charge in [-0.2, -0.15) is 17.6 Å². The van der Waals surface area contributed by atoms with Gasteiger partial charge < -0.3 is 13.3 Å². The molecule has 0 atom stereocenters. The summed E-state index contributed by atoms with van der Waals surface area (Å²) in [4.78, 5) is 0. The highest BCUT2D eigenvalue weighted by molar-refractivity contribution is 6.60. The highest BCUT2D eigenvalue weighted by atomic mass is 28.4. The molecule has 0 aliphatic heterocycles. The summed E-state index contributed by atoms with van der Waals surface area (Å²) in [7, 11) is 0.159. The summed E-state index contributed by atoms with van der Waals surface area (Å²) < 4.78 is 77.4. The summed E-state index contributed by atoms with van der Waals surface area (Å²) in [6.45, 7) is -2.42. The molecule has 0 heterocycles. The maximum Gasteiger partial charge on any atom is 0.500 e. The maximum absolute atomic E-state index is 13.0. The minimum atomic E-state index is -4.69. The first-order chi connectivity index (χ1) is 7.70. The molecular formula is C8H15F5O3Si. The van der Waals surface area contributed by atoms with Gasteiger partial charge in [-0.15, -0.1) is 0 Å². The van der Waals surface area contributed by atoms with Gasteiger partial charge in [-0.05, 0) is 0 Å². The van der Waals surface area contributed by atoms with Gasteiger partial charge in [0, 0.05) is 33.8 Å². The average molecular weight is 282 g/mol. The molecule has 0 spiro atoms. The first kappa shape index (κ1) is 16.7. The first-order valence-corrected chi connectivity index (χ1v) is 6.60. The molecule has 3 nitrogen and oxygen atoms in total. The predicted molar refractivity (Wildman–Crippen MR) is 52.1 cm³/mol. The molecule has 0 saturated carbocycles. The van der Waals surface area contributed by atoms with E-state index in [2.05, 4.69) is 0 Å². The van der Waals surface area contributed by atoms with Crippen molar-refractivity contribution in [3.63, 3.8) is 0 Å². The lowest BCUT2D eigenvalue weighted by atomic mass is 10.1. The van der Waals surface area contributed by atoms with Crippen LogP contribution in [0.5, 0.6) is 0 Å². The van der Waals surface area contributed by atoms with E-state index in [-0.39, 0.29) is 0 Å². The van der Waals surface area contributed by atoms with Crippen LogP contribution in [0.3, 0.4) is 0 Å². The molecule has 0 bridgehead atoms. The second-order valence-corrected chi connectivity index (χ2v) is 6.43. The molecule has 0 rings (SSSR count). The SMILES string of the molecule is CO[Si](CCC(F)(F)C(F)(F)CF)(OC)OC. The maximum atomic E-state index is 13.0. The lowest BCUT2D eigenvalue weighted by molar-refractivity contribution is -0.217. The molecule has 0 saturated heterocycles. The molecule has 17 heavy (non-hydrogen) atoms. The summed E-state index contributed by atoms with van der Waals surface area (Å²) in [6.07, 6.45) is -1.27. The fraction of sp³-hybridized carbons (Fsp3) is 1.00. The predicted octanol–water partition coefficient (Wildman–Crippen LogP) is 2.49. The minimum absolute atomic E-state index is 0.529. The molecule has 0 aliphatic carbocycles. The molecular weight excluding hydrogens is 267 g/mol. The van der Waals surface area contributed by atoms with Crippen LogP contribution in [0.15, 0.2) is 0 Å². The van der Waals surface area contributed by atoms with Crippen molar-refractivity contribution in [3.05, 3.63) is 0 Å². The quantitative estimate of drug-likeness (QED) is 0.506. The van der Waals surface area contributed by atoms with Gasteiger partial charge in [-0.3, -0.25) is 0 Å². The van der Waals surface area contributed by atoms with Crippen LogP contribution in [-0.2, 0) is 13.3 Å². The Hall–Kier alpha value is -0.253. The minimum Gasteiger partial charge on any atom is -0.377 e. The zero-order chi connectivity index (χ0) is 13.7. The molecule has 0 aromatic heterocycles. The Morgan fingerprint density at radius 3 is 1.59 bits per heavy atom. The lowest BCUT2D eigenvalue weighted by Gasteiger charge is -2.28. The first-order valence-electron chi connectivity index (χ1n) is 4.67. The summed E-state index contributed by atoms with van der Waals surface area (Å²) in [5.74, 6) is -9.15. The number of hydrogen-bond donors (Lipinski definition) is 0. The lowest BCUT2D eigenvalue weighted by Crippen LogP contribution is -2.48. The van der Waals surface area contributed by atoms with E-state index in [1.54, 1.807) is 0 Å². The van der Waals surface area contributed by atoms with Gasteiger partial charge in [0.15, 0.2) is 6.67 Å². The molecule has 0 aromatic carbocycles. The van der Waals surface area contributed by atoms with Gasteiger partial charge in [0.25, 0.3) is 0 Å². The van der Waals surface area contributed by atoms with Gasteiger partial charge in [0.1, 0.15) is 0 Å². The van der Waals surface area contributed by atoms with Crippen molar-refractivity contribution in [3.8, 4) is 0 Å². The summed E-state index contributed by atoms with van der Waals surface area (Å²) in [5, 5.41) is 0. The Bertz CT molecular complexity index is 227. The zero-order valence-electron chi connectivity index (χ0n) is 9.74. The Balaban J connectivity index is 4.64. The van der Waals surface area contributed by atoms with Gasteiger partial charge in [-0.25, -0.2) is 4.39 Å². The summed E-state index contributed by atoms with van der Waals surface area (Å²) in [5.41, 5.74) is 0. The van der Waals surface area contributed by atoms with Gasteiger partial charge >= 0.3 is 20.6 Å². The standard InChI is InChI=1S/C8H15F5O3Si/c1-14-17(15-2,16-3)5-4-7(10,11)8(12,13)6-9/h4-6H2,1-3H3. The second-order valence-electron chi connectivity index (χ2n) is 3.34.